The zero-order chi connectivity index (χ0) is 11.9. The number of hydrogen-bond donors (Lipinski definition) is 2. The van der Waals surface area contributed by atoms with E-state index in [-0.39, 0.29) is 0 Å². The van der Waals surface area contributed by atoms with E-state index in [0.717, 1.165) is 12.1 Å². The van der Waals surface area contributed by atoms with Crippen LogP contribution in [0.4, 0.5) is 4.39 Å². The van der Waals surface area contributed by atoms with E-state index in [0.29, 0.717) is 5.56 Å². The highest BCUT2D eigenvalue weighted by Gasteiger charge is 2.66. The number of primary amides is 2. The van der Waals surface area contributed by atoms with Crippen molar-refractivity contribution in [3.05, 3.63) is 35.6 Å². The largest absolute Gasteiger partial charge is 0.367 e. The summed E-state index contributed by atoms with van der Waals surface area (Å²) in [5.74, 6) is -2.05. The van der Waals surface area contributed by atoms with Crippen molar-refractivity contribution >= 4 is 11.8 Å². The van der Waals surface area contributed by atoms with Gasteiger partial charge in [-0.3, -0.25) is 9.59 Å². The lowest BCUT2D eigenvalue weighted by molar-refractivity contribution is -0.124. The van der Waals surface area contributed by atoms with Gasteiger partial charge in [-0.2, -0.15) is 0 Å². The topological polar surface area (TPSA) is 98.7 Å². The van der Waals surface area contributed by atoms with Crippen LogP contribution in [0.2, 0.25) is 0 Å². The number of rotatable bonds is 3. The van der Waals surface area contributed by atoms with Crippen molar-refractivity contribution in [2.24, 2.45) is 11.5 Å². The van der Waals surface area contributed by atoms with Crippen LogP contribution in [-0.4, -0.2) is 17.9 Å². The van der Waals surface area contributed by atoms with E-state index in [1.807, 2.05) is 0 Å². The molecule has 1 fully saturated rings. The second-order valence-electron chi connectivity index (χ2n) is 3.51. The zero-order valence-electron chi connectivity index (χ0n) is 8.14. The fourth-order valence-corrected chi connectivity index (χ4v) is 1.66. The third-order valence-corrected chi connectivity index (χ3v) is 2.51. The van der Waals surface area contributed by atoms with Crippen LogP contribution in [0.25, 0.3) is 0 Å². The number of carbonyl (C=O) groups is 2. The Labute approximate surface area is 90.2 Å². The number of epoxide rings is 1. The van der Waals surface area contributed by atoms with E-state index in [9.17, 15) is 14.0 Å². The number of benzene rings is 1. The molecule has 1 aliphatic heterocycles. The highest BCUT2D eigenvalue weighted by Crippen LogP contribution is 2.45. The van der Waals surface area contributed by atoms with Crippen molar-refractivity contribution in [3.8, 4) is 0 Å². The van der Waals surface area contributed by atoms with Crippen molar-refractivity contribution < 1.29 is 18.7 Å². The molecule has 1 aromatic carbocycles. The van der Waals surface area contributed by atoms with Gasteiger partial charge >= 0.3 is 0 Å². The first-order valence-corrected chi connectivity index (χ1v) is 4.51. The first kappa shape index (κ1) is 10.6. The maximum atomic E-state index is 12.7. The van der Waals surface area contributed by atoms with Gasteiger partial charge in [-0.25, -0.2) is 4.39 Å². The molecule has 1 aromatic rings. The normalized spacial score (nSPS) is 27.4. The molecule has 0 aliphatic carbocycles. The van der Waals surface area contributed by atoms with Crippen molar-refractivity contribution in [2.45, 2.75) is 11.7 Å². The molecule has 1 saturated heterocycles. The molecule has 0 saturated carbocycles. The Morgan fingerprint density at radius 3 is 2.19 bits per heavy atom. The van der Waals surface area contributed by atoms with E-state index < -0.39 is 29.3 Å². The van der Waals surface area contributed by atoms with Gasteiger partial charge < -0.3 is 16.2 Å². The molecular weight excluding hydrogens is 215 g/mol. The van der Waals surface area contributed by atoms with Gasteiger partial charge in [-0.1, -0.05) is 12.1 Å². The summed E-state index contributed by atoms with van der Waals surface area (Å²) in [5.41, 5.74) is 8.99. The molecule has 2 amide bonds. The lowest BCUT2D eigenvalue weighted by Gasteiger charge is -2.08. The van der Waals surface area contributed by atoms with Crippen molar-refractivity contribution in [2.75, 3.05) is 0 Å². The fraction of sp³-hybridized carbons (Fsp3) is 0.200. The van der Waals surface area contributed by atoms with E-state index in [1.165, 1.54) is 12.1 Å². The Morgan fingerprint density at radius 1 is 1.25 bits per heavy atom. The second kappa shape index (κ2) is 3.28. The van der Waals surface area contributed by atoms with Crippen LogP contribution in [0, 0.1) is 5.82 Å². The van der Waals surface area contributed by atoms with Crippen molar-refractivity contribution in [1.82, 2.24) is 0 Å². The zero-order valence-corrected chi connectivity index (χ0v) is 8.14. The molecule has 0 aromatic heterocycles. The van der Waals surface area contributed by atoms with Crippen LogP contribution in [0.15, 0.2) is 24.3 Å². The molecule has 1 aliphatic rings. The summed E-state index contributed by atoms with van der Waals surface area (Å²) in [7, 11) is 0. The maximum Gasteiger partial charge on any atom is 0.257 e. The average molecular weight is 224 g/mol. The van der Waals surface area contributed by atoms with E-state index in [1.54, 1.807) is 0 Å². The van der Waals surface area contributed by atoms with E-state index in [2.05, 4.69) is 0 Å². The molecule has 6 heteroatoms. The van der Waals surface area contributed by atoms with Gasteiger partial charge in [0.15, 0.2) is 6.10 Å². The van der Waals surface area contributed by atoms with Crippen molar-refractivity contribution in [1.29, 1.82) is 0 Å². The third-order valence-electron chi connectivity index (χ3n) is 2.51. The highest BCUT2D eigenvalue weighted by atomic mass is 19.1. The monoisotopic (exact) mass is 224 g/mol. The molecular formula is C10H9FN2O3. The number of nitrogens with two attached hydrogens (primary N) is 2. The standard InChI is InChI=1S/C10H9FN2O3/c11-6-3-1-5(2-4-6)10(9(13)15)7(16-10)8(12)14/h1-4,7H,(H2,12,14)(H2,13,15). The Hall–Kier alpha value is -1.95. The lowest BCUT2D eigenvalue weighted by atomic mass is 9.94. The molecule has 2 rings (SSSR count). The minimum atomic E-state index is -1.53. The minimum absolute atomic E-state index is 0.324. The summed E-state index contributed by atoms with van der Waals surface area (Å²) in [6.07, 6.45) is -1.07. The summed E-state index contributed by atoms with van der Waals surface area (Å²) in [6, 6.07) is 4.98. The van der Waals surface area contributed by atoms with E-state index >= 15 is 0 Å². The lowest BCUT2D eigenvalue weighted by Crippen LogP contribution is -2.36. The number of amides is 2. The number of ether oxygens (including phenoxy) is 1. The number of carbonyl (C=O) groups excluding carboxylic acids is 2. The first-order valence-electron chi connectivity index (χ1n) is 4.51. The quantitative estimate of drug-likeness (QED) is 0.670. The maximum absolute atomic E-state index is 12.7. The van der Waals surface area contributed by atoms with Gasteiger partial charge in [0.1, 0.15) is 5.82 Å². The Bertz CT molecular complexity index is 460. The van der Waals surface area contributed by atoms with Crippen LogP contribution in [0.5, 0.6) is 0 Å². The summed E-state index contributed by atoms with van der Waals surface area (Å²) in [6.45, 7) is 0. The van der Waals surface area contributed by atoms with E-state index in [4.69, 9.17) is 16.2 Å². The predicted octanol–water partition coefficient (Wildman–Crippen LogP) is -0.610. The van der Waals surface area contributed by atoms with Crippen LogP contribution in [-0.2, 0) is 19.9 Å². The second-order valence-corrected chi connectivity index (χ2v) is 3.51. The summed E-state index contributed by atoms with van der Waals surface area (Å²) in [4.78, 5) is 22.2. The van der Waals surface area contributed by atoms with Crippen LogP contribution >= 0.6 is 0 Å². The molecule has 0 spiro atoms. The predicted molar refractivity (Wildman–Crippen MR) is 51.3 cm³/mol. The van der Waals surface area contributed by atoms with Gasteiger partial charge in [-0.05, 0) is 17.7 Å². The SMILES string of the molecule is NC(=O)C1OC1(C(N)=O)c1ccc(F)cc1. The molecule has 16 heavy (non-hydrogen) atoms. The van der Waals surface area contributed by atoms with Gasteiger partial charge in [0.2, 0.25) is 5.60 Å². The summed E-state index contributed by atoms with van der Waals surface area (Å²) < 4.78 is 17.7. The molecule has 1 heterocycles. The molecule has 2 atom stereocenters. The Kier molecular flexibility index (Phi) is 2.16. The highest BCUT2D eigenvalue weighted by molar-refractivity contribution is 5.98. The molecule has 84 valence electrons. The van der Waals surface area contributed by atoms with Crippen molar-refractivity contribution in [3.63, 3.8) is 0 Å². The fourth-order valence-electron chi connectivity index (χ4n) is 1.66. The molecule has 0 radical (unpaired) electrons. The van der Waals surface area contributed by atoms with Gasteiger partial charge in [0.05, 0.1) is 0 Å². The Balaban J connectivity index is 2.40. The summed E-state index contributed by atoms with van der Waals surface area (Å²) >= 11 is 0. The van der Waals surface area contributed by atoms with Gasteiger partial charge in [0.25, 0.3) is 11.8 Å². The number of halogens is 1. The minimum Gasteiger partial charge on any atom is -0.367 e. The smallest absolute Gasteiger partial charge is 0.257 e. The third kappa shape index (κ3) is 1.35. The molecule has 2 unspecified atom stereocenters. The molecule has 5 nitrogen and oxygen atoms in total. The van der Waals surface area contributed by atoms with Gasteiger partial charge in [-0.15, -0.1) is 0 Å². The average Bonchev–Trinajstić information content (AvgIpc) is 2.95. The summed E-state index contributed by atoms with van der Waals surface area (Å²) in [5, 5.41) is 0. The number of hydrogen-bond acceptors (Lipinski definition) is 3. The first-order chi connectivity index (χ1) is 7.48. The van der Waals surface area contributed by atoms with Crippen LogP contribution in [0.1, 0.15) is 5.56 Å². The molecule has 4 N–H and O–H groups in total. The van der Waals surface area contributed by atoms with Gasteiger partial charge in [0, 0.05) is 0 Å². The Morgan fingerprint density at radius 2 is 1.81 bits per heavy atom. The van der Waals surface area contributed by atoms with Crippen LogP contribution < -0.4 is 11.5 Å². The van der Waals surface area contributed by atoms with Crippen LogP contribution in [0.3, 0.4) is 0 Å². The molecule has 0 bridgehead atoms.